The number of aromatic hydroxyl groups is 1. The molecule has 0 amide bonds. The number of hydrogen-bond acceptors (Lipinski definition) is 4. The van der Waals surface area contributed by atoms with Crippen molar-refractivity contribution in [2.75, 3.05) is 5.73 Å². The summed E-state index contributed by atoms with van der Waals surface area (Å²) in [4.78, 5) is 12.4. The zero-order valence-corrected chi connectivity index (χ0v) is 13.9. The van der Waals surface area contributed by atoms with Gasteiger partial charge in [-0.1, -0.05) is 32.4 Å². The van der Waals surface area contributed by atoms with E-state index in [4.69, 9.17) is 22.1 Å². The second-order valence-electron chi connectivity index (χ2n) is 7.37. The summed E-state index contributed by atoms with van der Waals surface area (Å²) >= 11 is 5.90. The van der Waals surface area contributed by atoms with E-state index < -0.39 is 5.97 Å². The van der Waals surface area contributed by atoms with E-state index in [1.54, 1.807) is 0 Å². The van der Waals surface area contributed by atoms with Gasteiger partial charge in [-0.05, 0) is 42.7 Å². The van der Waals surface area contributed by atoms with E-state index in [1.165, 1.54) is 18.6 Å². The molecule has 3 N–H and O–H groups in total. The van der Waals surface area contributed by atoms with Crippen molar-refractivity contribution in [2.45, 2.75) is 46.1 Å². The highest BCUT2D eigenvalue weighted by Crippen LogP contribution is 2.66. The number of nitrogen functional groups attached to an aromatic ring is 1. The topological polar surface area (TPSA) is 72.5 Å². The molecular formula is C17H22ClNO3. The van der Waals surface area contributed by atoms with Gasteiger partial charge in [0.2, 0.25) is 0 Å². The lowest BCUT2D eigenvalue weighted by atomic mass is 9.70. The molecule has 0 aliphatic heterocycles. The standard InChI is InChI=1S/C17H22ClNO3/c1-16(2)9-6-7-17(16,3)12(8-9)22-15(21)10-4-5-11(19)13(18)14(10)20/h4-5,9,12,20H,6-8,19H2,1-3H3/t9-,12+,17+/m1/s1. The molecule has 0 heterocycles. The van der Waals surface area contributed by atoms with E-state index in [2.05, 4.69) is 20.8 Å². The first-order valence-corrected chi connectivity index (χ1v) is 8.04. The molecule has 5 heteroatoms. The number of carbonyl (C=O) groups is 1. The minimum atomic E-state index is -0.533. The largest absolute Gasteiger partial charge is 0.505 e. The van der Waals surface area contributed by atoms with Crippen molar-refractivity contribution in [3.63, 3.8) is 0 Å². The van der Waals surface area contributed by atoms with Crippen molar-refractivity contribution in [1.82, 2.24) is 0 Å². The molecule has 120 valence electrons. The number of ether oxygens (including phenoxy) is 1. The summed E-state index contributed by atoms with van der Waals surface area (Å²) in [6.07, 6.45) is 3.02. The number of fused-ring (bicyclic) bond motifs is 2. The van der Waals surface area contributed by atoms with Gasteiger partial charge in [0.15, 0.2) is 5.75 Å². The molecule has 1 aromatic carbocycles. The molecule has 0 unspecified atom stereocenters. The molecule has 1 aromatic rings. The Bertz CT molecular complexity index is 643. The van der Waals surface area contributed by atoms with Crippen LogP contribution < -0.4 is 5.73 Å². The van der Waals surface area contributed by atoms with E-state index in [0.717, 1.165) is 12.8 Å². The monoisotopic (exact) mass is 323 g/mol. The summed E-state index contributed by atoms with van der Waals surface area (Å²) in [5, 5.41) is 10.0. The van der Waals surface area contributed by atoms with Crippen LogP contribution in [0.4, 0.5) is 5.69 Å². The van der Waals surface area contributed by atoms with Crippen molar-refractivity contribution in [3.05, 3.63) is 22.7 Å². The van der Waals surface area contributed by atoms with Crippen molar-refractivity contribution < 1.29 is 14.6 Å². The Kier molecular flexibility index (Phi) is 3.37. The molecule has 4 nitrogen and oxygen atoms in total. The van der Waals surface area contributed by atoms with Gasteiger partial charge in [0.05, 0.1) is 5.69 Å². The first-order chi connectivity index (χ1) is 10.2. The van der Waals surface area contributed by atoms with Gasteiger partial charge in [-0.15, -0.1) is 0 Å². The highest BCUT2D eigenvalue weighted by molar-refractivity contribution is 6.35. The molecule has 0 saturated heterocycles. The number of rotatable bonds is 2. The number of carbonyl (C=O) groups excluding carboxylic acids is 1. The Labute approximate surface area is 135 Å². The Hall–Kier alpha value is -1.42. The molecule has 22 heavy (non-hydrogen) atoms. The number of nitrogens with two attached hydrogens (primary N) is 1. The van der Waals surface area contributed by atoms with E-state index in [0.29, 0.717) is 5.92 Å². The maximum atomic E-state index is 12.4. The Morgan fingerprint density at radius 3 is 2.64 bits per heavy atom. The summed E-state index contributed by atoms with van der Waals surface area (Å²) in [6, 6.07) is 2.96. The number of benzene rings is 1. The minimum Gasteiger partial charge on any atom is -0.505 e. The third-order valence-corrected chi connectivity index (χ3v) is 6.73. The quantitative estimate of drug-likeness (QED) is 0.637. The molecule has 2 saturated carbocycles. The van der Waals surface area contributed by atoms with Crippen molar-refractivity contribution >= 4 is 23.3 Å². The third kappa shape index (κ3) is 1.93. The van der Waals surface area contributed by atoms with Gasteiger partial charge >= 0.3 is 5.97 Å². The summed E-state index contributed by atoms with van der Waals surface area (Å²) in [5.74, 6) is -0.257. The van der Waals surface area contributed by atoms with Crippen LogP contribution in [-0.4, -0.2) is 17.2 Å². The predicted octanol–water partition coefficient (Wildman–Crippen LogP) is 4.00. The van der Waals surface area contributed by atoms with Gasteiger partial charge < -0.3 is 15.6 Å². The van der Waals surface area contributed by atoms with E-state index in [-0.39, 0.29) is 39.0 Å². The Morgan fingerprint density at radius 1 is 1.41 bits per heavy atom. The van der Waals surface area contributed by atoms with Crippen LogP contribution in [0.2, 0.25) is 5.02 Å². The fraction of sp³-hybridized carbons (Fsp3) is 0.588. The molecule has 0 radical (unpaired) electrons. The predicted molar refractivity (Wildman–Crippen MR) is 86.0 cm³/mol. The van der Waals surface area contributed by atoms with Crippen molar-refractivity contribution in [1.29, 1.82) is 0 Å². The van der Waals surface area contributed by atoms with E-state index >= 15 is 0 Å². The number of hydrogen-bond donors (Lipinski definition) is 2. The third-order valence-electron chi connectivity index (χ3n) is 6.33. The lowest BCUT2D eigenvalue weighted by Crippen LogP contribution is -2.38. The van der Waals surface area contributed by atoms with E-state index in [9.17, 15) is 9.90 Å². The summed E-state index contributed by atoms with van der Waals surface area (Å²) < 4.78 is 5.75. The van der Waals surface area contributed by atoms with E-state index in [1.807, 2.05) is 0 Å². The fourth-order valence-electron chi connectivity index (χ4n) is 4.25. The number of phenols is 1. The SMILES string of the molecule is CC1(C)[C@@H]2CC[C@@]1(C)[C@@H](OC(=O)c1ccc(N)c(Cl)c1O)C2. The highest BCUT2D eigenvalue weighted by atomic mass is 35.5. The Balaban J connectivity index is 1.84. The molecule has 2 aliphatic rings. The van der Waals surface area contributed by atoms with Crippen LogP contribution >= 0.6 is 11.6 Å². The maximum absolute atomic E-state index is 12.4. The van der Waals surface area contributed by atoms with Gasteiger partial charge in [-0.3, -0.25) is 0 Å². The average Bonchev–Trinajstić information content (AvgIpc) is 2.78. The van der Waals surface area contributed by atoms with Crippen LogP contribution in [0.1, 0.15) is 50.4 Å². The lowest BCUT2D eigenvalue weighted by molar-refractivity contribution is -0.0244. The second kappa shape index (κ2) is 4.79. The normalized spacial score (nSPS) is 32.2. The molecule has 0 spiro atoms. The molecular weight excluding hydrogens is 302 g/mol. The lowest BCUT2D eigenvalue weighted by Gasteiger charge is -2.38. The molecule has 0 aromatic heterocycles. The zero-order valence-electron chi connectivity index (χ0n) is 13.1. The van der Waals surface area contributed by atoms with Crippen molar-refractivity contribution in [3.8, 4) is 5.75 Å². The molecule has 2 bridgehead atoms. The van der Waals surface area contributed by atoms with Crippen LogP contribution in [0.3, 0.4) is 0 Å². The Morgan fingerprint density at radius 2 is 2.09 bits per heavy atom. The van der Waals surface area contributed by atoms with Crippen LogP contribution in [0.25, 0.3) is 0 Å². The van der Waals surface area contributed by atoms with Gasteiger partial charge in [-0.25, -0.2) is 4.79 Å². The summed E-state index contributed by atoms with van der Waals surface area (Å²) in [6.45, 7) is 6.72. The number of esters is 1. The van der Waals surface area contributed by atoms with Gasteiger partial charge in [0.1, 0.15) is 16.7 Å². The fourth-order valence-corrected chi connectivity index (χ4v) is 4.41. The average molecular weight is 324 g/mol. The smallest absolute Gasteiger partial charge is 0.342 e. The van der Waals surface area contributed by atoms with Crippen LogP contribution in [0.5, 0.6) is 5.75 Å². The molecule has 3 rings (SSSR count). The molecule has 2 fully saturated rings. The van der Waals surface area contributed by atoms with Crippen LogP contribution in [0.15, 0.2) is 12.1 Å². The summed E-state index contributed by atoms with van der Waals surface area (Å²) in [5.41, 5.74) is 6.08. The van der Waals surface area contributed by atoms with Gasteiger partial charge in [0, 0.05) is 5.41 Å². The van der Waals surface area contributed by atoms with Gasteiger partial charge in [0.25, 0.3) is 0 Å². The van der Waals surface area contributed by atoms with Crippen molar-refractivity contribution in [2.24, 2.45) is 16.7 Å². The second-order valence-corrected chi connectivity index (χ2v) is 7.75. The zero-order chi connectivity index (χ0) is 16.3. The summed E-state index contributed by atoms with van der Waals surface area (Å²) in [7, 11) is 0. The molecule has 2 aliphatic carbocycles. The first-order valence-electron chi connectivity index (χ1n) is 7.66. The first kappa shape index (κ1) is 15.5. The number of phenolic OH excluding ortho intramolecular Hbond substituents is 1. The number of anilines is 1. The highest BCUT2D eigenvalue weighted by Gasteiger charge is 2.62. The molecule has 3 atom stereocenters. The van der Waals surface area contributed by atoms with Crippen LogP contribution in [0, 0.1) is 16.7 Å². The minimum absolute atomic E-state index is 0.00562. The maximum Gasteiger partial charge on any atom is 0.342 e. The number of halogens is 1. The van der Waals surface area contributed by atoms with Crippen LogP contribution in [-0.2, 0) is 4.74 Å². The van der Waals surface area contributed by atoms with Gasteiger partial charge in [-0.2, -0.15) is 0 Å².